The van der Waals surface area contributed by atoms with E-state index in [2.05, 4.69) is 204 Å². The normalized spacial score (nSPS) is 11.6. The van der Waals surface area contributed by atoms with Gasteiger partial charge in [0.2, 0.25) is 0 Å². The van der Waals surface area contributed by atoms with Crippen molar-refractivity contribution in [2.45, 2.75) is 19.8 Å². The summed E-state index contributed by atoms with van der Waals surface area (Å²) < 4.78 is 4.88. The van der Waals surface area contributed by atoms with Crippen molar-refractivity contribution in [3.05, 3.63) is 194 Å². The molecule has 2 nitrogen and oxygen atoms in total. The average Bonchev–Trinajstić information content (AvgIpc) is 3.75. The van der Waals surface area contributed by atoms with Gasteiger partial charge in [0.05, 0.1) is 22.1 Å². The fraction of sp³-hybridized carbons (Fsp3) is 0.0588. The third kappa shape index (κ3) is 5.26. The van der Waals surface area contributed by atoms with E-state index in [0.717, 1.165) is 18.5 Å². The van der Waals surface area contributed by atoms with Crippen molar-refractivity contribution in [1.82, 2.24) is 9.13 Å². The van der Waals surface area contributed by atoms with Crippen LogP contribution >= 0.6 is 0 Å². The lowest BCUT2D eigenvalue weighted by Crippen LogP contribution is -1.95. The Kier molecular flexibility index (Phi) is 7.54. The molecule has 53 heavy (non-hydrogen) atoms. The van der Waals surface area contributed by atoms with Crippen LogP contribution in [0.15, 0.2) is 188 Å². The van der Waals surface area contributed by atoms with Crippen LogP contribution in [0, 0.1) is 0 Å². The largest absolute Gasteiger partial charge is 0.309 e. The highest BCUT2D eigenvalue weighted by atomic mass is 15.0. The number of aryl methyl sites for hydroxylation is 1. The van der Waals surface area contributed by atoms with E-state index in [-0.39, 0.29) is 0 Å². The van der Waals surface area contributed by atoms with Crippen LogP contribution in [0.1, 0.15) is 18.9 Å². The molecule has 0 aliphatic rings. The summed E-state index contributed by atoms with van der Waals surface area (Å²) in [5.74, 6) is 0. The number of aromatic nitrogens is 2. The van der Waals surface area contributed by atoms with Crippen LogP contribution in [0.4, 0.5) is 0 Å². The van der Waals surface area contributed by atoms with E-state index in [0.29, 0.717) is 0 Å². The molecule has 0 fully saturated rings. The molecule has 10 rings (SSSR count). The van der Waals surface area contributed by atoms with E-state index in [1.165, 1.54) is 88.2 Å². The Hall–Kier alpha value is -6.64. The standard InChI is InChI=1S/C51H38N2/c1-2-11-35-20-22-40(23-21-35)41-14-10-15-43(34-41)53-47-19-9-7-17-45(47)51-49(53)33-32-48-50(51)44-16-6-8-18-46(44)52(48)42-30-28-39(29-31-42)38-26-24-37(25-27-38)36-12-4-3-5-13-36/h3-10,12-34H,2,11H2,1H3. The molecule has 0 spiro atoms. The van der Waals surface area contributed by atoms with Crippen LogP contribution in [0.3, 0.4) is 0 Å². The maximum Gasteiger partial charge on any atom is 0.0548 e. The highest BCUT2D eigenvalue weighted by Gasteiger charge is 2.20. The molecule has 0 N–H and O–H groups in total. The minimum Gasteiger partial charge on any atom is -0.309 e. The highest BCUT2D eigenvalue weighted by Crippen LogP contribution is 2.42. The molecule has 2 heterocycles. The molecule has 8 aromatic carbocycles. The number of benzene rings is 8. The van der Waals surface area contributed by atoms with Crippen molar-refractivity contribution in [2.24, 2.45) is 0 Å². The molecule has 2 heteroatoms. The maximum atomic E-state index is 2.45. The van der Waals surface area contributed by atoms with Crippen LogP contribution < -0.4 is 0 Å². The van der Waals surface area contributed by atoms with E-state index >= 15 is 0 Å². The molecule has 0 aliphatic carbocycles. The Bertz CT molecular complexity index is 2910. The first-order valence-corrected chi connectivity index (χ1v) is 18.7. The molecule has 0 amide bonds. The second kappa shape index (κ2) is 12.8. The van der Waals surface area contributed by atoms with Gasteiger partial charge in [-0.05, 0) is 93.9 Å². The zero-order valence-electron chi connectivity index (χ0n) is 29.7. The Morgan fingerprint density at radius 1 is 0.340 bits per heavy atom. The van der Waals surface area contributed by atoms with Crippen molar-refractivity contribution in [1.29, 1.82) is 0 Å². The molecule has 2 aromatic heterocycles. The summed E-state index contributed by atoms with van der Waals surface area (Å²) >= 11 is 0. The maximum absolute atomic E-state index is 2.45. The molecule has 10 aromatic rings. The highest BCUT2D eigenvalue weighted by molar-refractivity contribution is 6.28. The zero-order valence-corrected chi connectivity index (χ0v) is 29.7. The molecule has 252 valence electrons. The summed E-state index contributed by atoms with van der Waals surface area (Å²) in [5, 5.41) is 5.10. The van der Waals surface area contributed by atoms with E-state index in [4.69, 9.17) is 0 Å². The quantitative estimate of drug-likeness (QED) is 0.159. The fourth-order valence-corrected chi connectivity index (χ4v) is 8.34. The van der Waals surface area contributed by atoms with Crippen LogP contribution in [0.5, 0.6) is 0 Å². The minimum atomic E-state index is 1.11. The monoisotopic (exact) mass is 678 g/mol. The summed E-state index contributed by atoms with van der Waals surface area (Å²) in [5.41, 5.74) is 15.9. The van der Waals surface area contributed by atoms with Crippen molar-refractivity contribution in [2.75, 3.05) is 0 Å². The molecular formula is C51H38N2. The number of hydrogen-bond acceptors (Lipinski definition) is 0. The van der Waals surface area contributed by atoms with Crippen molar-refractivity contribution >= 4 is 43.6 Å². The number of nitrogens with zero attached hydrogens (tertiary/aromatic N) is 2. The Morgan fingerprint density at radius 2 is 0.792 bits per heavy atom. The van der Waals surface area contributed by atoms with E-state index in [1.54, 1.807) is 0 Å². The SMILES string of the molecule is CCCc1ccc(-c2cccc(-n3c4ccccc4c4c5c6ccccc6n(-c6ccc(-c7ccc(-c8ccccc8)cc7)cc6)c5ccc43)c2)cc1. The molecule has 0 bridgehead atoms. The van der Waals surface area contributed by atoms with Gasteiger partial charge in [0.25, 0.3) is 0 Å². The van der Waals surface area contributed by atoms with Crippen LogP contribution in [0.2, 0.25) is 0 Å². The topological polar surface area (TPSA) is 9.86 Å². The molecule has 0 saturated heterocycles. The Balaban J connectivity index is 1.11. The third-order valence-corrected chi connectivity index (χ3v) is 10.9. The number of para-hydroxylation sites is 2. The predicted molar refractivity (Wildman–Crippen MR) is 225 cm³/mol. The van der Waals surface area contributed by atoms with Gasteiger partial charge in [0, 0.05) is 32.9 Å². The van der Waals surface area contributed by atoms with Gasteiger partial charge in [0.15, 0.2) is 0 Å². The van der Waals surface area contributed by atoms with Crippen molar-refractivity contribution in [3.8, 4) is 44.8 Å². The predicted octanol–water partition coefficient (Wildman–Crippen LogP) is 13.8. The van der Waals surface area contributed by atoms with Crippen LogP contribution in [0.25, 0.3) is 88.4 Å². The van der Waals surface area contributed by atoms with Gasteiger partial charge in [-0.1, -0.05) is 153 Å². The molecule has 0 saturated carbocycles. The lowest BCUT2D eigenvalue weighted by molar-refractivity contribution is 0.922. The van der Waals surface area contributed by atoms with Crippen LogP contribution in [-0.2, 0) is 6.42 Å². The summed E-state index contributed by atoms with van der Waals surface area (Å²) in [6.07, 6.45) is 2.27. The van der Waals surface area contributed by atoms with Gasteiger partial charge in [-0.15, -0.1) is 0 Å². The minimum absolute atomic E-state index is 1.11. The summed E-state index contributed by atoms with van der Waals surface area (Å²) in [6, 6.07) is 68.9. The van der Waals surface area contributed by atoms with Gasteiger partial charge in [-0.3, -0.25) is 0 Å². The molecular weight excluding hydrogens is 641 g/mol. The summed E-state index contributed by atoms with van der Waals surface area (Å²) in [6.45, 7) is 2.24. The van der Waals surface area contributed by atoms with Crippen LogP contribution in [-0.4, -0.2) is 9.13 Å². The smallest absolute Gasteiger partial charge is 0.0548 e. The van der Waals surface area contributed by atoms with Gasteiger partial charge in [0.1, 0.15) is 0 Å². The number of fused-ring (bicyclic) bond motifs is 7. The van der Waals surface area contributed by atoms with E-state index < -0.39 is 0 Å². The first-order valence-electron chi connectivity index (χ1n) is 18.7. The van der Waals surface area contributed by atoms with Gasteiger partial charge < -0.3 is 9.13 Å². The second-order valence-corrected chi connectivity index (χ2v) is 14.0. The lowest BCUT2D eigenvalue weighted by atomic mass is 10.0. The van der Waals surface area contributed by atoms with E-state index in [9.17, 15) is 0 Å². The lowest BCUT2D eigenvalue weighted by Gasteiger charge is -2.12. The molecule has 0 unspecified atom stereocenters. The summed E-state index contributed by atoms with van der Waals surface area (Å²) in [7, 11) is 0. The van der Waals surface area contributed by atoms with Crippen molar-refractivity contribution in [3.63, 3.8) is 0 Å². The Labute approximate surface area is 309 Å². The average molecular weight is 679 g/mol. The van der Waals surface area contributed by atoms with Gasteiger partial charge >= 0.3 is 0 Å². The molecule has 0 aliphatic heterocycles. The first-order chi connectivity index (χ1) is 26.2. The molecule has 0 radical (unpaired) electrons. The summed E-state index contributed by atoms with van der Waals surface area (Å²) in [4.78, 5) is 0. The van der Waals surface area contributed by atoms with Gasteiger partial charge in [-0.25, -0.2) is 0 Å². The number of hydrogen-bond donors (Lipinski definition) is 0. The molecule has 0 atom stereocenters. The number of rotatable bonds is 7. The second-order valence-electron chi connectivity index (χ2n) is 14.0. The first kappa shape index (κ1) is 31.1. The Morgan fingerprint density at radius 3 is 1.38 bits per heavy atom. The fourth-order valence-electron chi connectivity index (χ4n) is 8.34. The third-order valence-electron chi connectivity index (χ3n) is 10.9. The van der Waals surface area contributed by atoms with E-state index in [1.807, 2.05) is 0 Å². The van der Waals surface area contributed by atoms with Gasteiger partial charge in [-0.2, -0.15) is 0 Å². The zero-order chi connectivity index (χ0) is 35.3. The van der Waals surface area contributed by atoms with Crippen molar-refractivity contribution < 1.29 is 0 Å².